The number of rotatable bonds is 2. The van der Waals surface area contributed by atoms with E-state index in [2.05, 4.69) is 31.7 Å². The van der Waals surface area contributed by atoms with Crippen LogP contribution in [-0.2, 0) is 6.18 Å². The molecule has 0 atom stereocenters. The van der Waals surface area contributed by atoms with Gasteiger partial charge >= 0.3 is 6.18 Å². The number of guanidine groups is 1. The van der Waals surface area contributed by atoms with Gasteiger partial charge in [0, 0.05) is 4.47 Å². The van der Waals surface area contributed by atoms with Crippen molar-refractivity contribution in [2.75, 3.05) is 5.32 Å². The van der Waals surface area contributed by atoms with Crippen molar-refractivity contribution in [1.82, 2.24) is 5.43 Å². The summed E-state index contributed by atoms with van der Waals surface area (Å²) in [6.45, 7) is 0. The number of aliphatic imine (C=N–C) groups is 1. The highest BCUT2D eigenvalue weighted by Crippen LogP contribution is 2.34. The van der Waals surface area contributed by atoms with Crippen molar-refractivity contribution < 1.29 is 13.2 Å². The van der Waals surface area contributed by atoms with E-state index in [9.17, 15) is 13.2 Å². The summed E-state index contributed by atoms with van der Waals surface area (Å²) in [7, 11) is 0. The Bertz CT molecular complexity index is 525. The molecular weight excluding hydrogens is 349 g/mol. The van der Waals surface area contributed by atoms with Crippen molar-refractivity contribution in [2.45, 2.75) is 37.9 Å². The molecule has 116 valence electrons. The molecule has 0 radical (unpaired) electrons. The lowest BCUT2D eigenvalue weighted by atomic mass is 10.2. The van der Waals surface area contributed by atoms with Gasteiger partial charge in [0.1, 0.15) is 0 Å². The second kappa shape index (κ2) is 6.65. The Balaban J connectivity index is 2.20. The van der Waals surface area contributed by atoms with Gasteiger partial charge in [-0.15, -0.1) is 0 Å². The first-order chi connectivity index (χ1) is 9.90. The molecule has 21 heavy (non-hydrogen) atoms. The fourth-order valence-electron chi connectivity index (χ4n) is 2.25. The minimum atomic E-state index is -4.39. The molecule has 0 amide bonds. The van der Waals surface area contributed by atoms with Crippen LogP contribution in [0.4, 0.5) is 18.9 Å². The number of halogens is 4. The Hall–Kier alpha value is -1.28. The van der Waals surface area contributed by atoms with Crippen LogP contribution in [0, 0.1) is 0 Å². The monoisotopic (exact) mass is 364 g/mol. The Kier molecular flexibility index (Phi) is 5.10. The van der Waals surface area contributed by atoms with Gasteiger partial charge < -0.3 is 5.32 Å². The van der Waals surface area contributed by atoms with Gasteiger partial charge in [-0.25, -0.2) is 10.8 Å². The van der Waals surface area contributed by atoms with E-state index in [1.54, 1.807) is 0 Å². The van der Waals surface area contributed by atoms with Crippen LogP contribution in [0.25, 0.3) is 0 Å². The maximum Gasteiger partial charge on any atom is 0.416 e. The molecule has 1 aliphatic carbocycles. The minimum Gasteiger partial charge on any atom is -0.324 e. The fraction of sp³-hybridized carbons (Fsp3) is 0.462. The molecule has 0 aromatic heterocycles. The zero-order valence-electron chi connectivity index (χ0n) is 11.2. The van der Waals surface area contributed by atoms with Crippen LogP contribution in [0.3, 0.4) is 0 Å². The molecule has 0 spiro atoms. The smallest absolute Gasteiger partial charge is 0.324 e. The number of nitrogens with zero attached hydrogens (tertiary/aromatic N) is 1. The summed E-state index contributed by atoms with van der Waals surface area (Å²) in [6, 6.07) is 3.53. The van der Waals surface area contributed by atoms with E-state index < -0.39 is 11.7 Å². The molecule has 1 saturated carbocycles. The lowest BCUT2D eigenvalue weighted by Crippen LogP contribution is -2.37. The van der Waals surface area contributed by atoms with Gasteiger partial charge in [0.05, 0.1) is 17.3 Å². The summed E-state index contributed by atoms with van der Waals surface area (Å²) in [4.78, 5) is 4.39. The van der Waals surface area contributed by atoms with Crippen molar-refractivity contribution in [3.05, 3.63) is 28.2 Å². The SMILES string of the molecule is NNC(=NC1CCCC1)Nc1cc(C(F)(F)F)ccc1Br. The summed E-state index contributed by atoms with van der Waals surface area (Å²) >= 11 is 3.21. The second-order valence-electron chi connectivity index (χ2n) is 4.88. The van der Waals surface area contributed by atoms with Crippen molar-refractivity contribution in [3.63, 3.8) is 0 Å². The van der Waals surface area contributed by atoms with E-state index in [4.69, 9.17) is 5.84 Å². The van der Waals surface area contributed by atoms with E-state index >= 15 is 0 Å². The molecule has 1 aliphatic rings. The topological polar surface area (TPSA) is 62.4 Å². The van der Waals surface area contributed by atoms with Gasteiger partial charge in [0.15, 0.2) is 0 Å². The molecule has 4 N–H and O–H groups in total. The molecule has 0 heterocycles. The predicted molar refractivity (Wildman–Crippen MR) is 79.8 cm³/mol. The molecule has 1 fully saturated rings. The molecule has 0 saturated heterocycles. The lowest BCUT2D eigenvalue weighted by Gasteiger charge is -2.15. The largest absolute Gasteiger partial charge is 0.416 e. The van der Waals surface area contributed by atoms with Crippen LogP contribution < -0.4 is 16.6 Å². The molecule has 1 aromatic carbocycles. The van der Waals surface area contributed by atoms with E-state index in [1.165, 1.54) is 6.07 Å². The number of anilines is 1. The van der Waals surface area contributed by atoms with Crippen molar-refractivity contribution >= 4 is 27.6 Å². The first-order valence-electron chi connectivity index (χ1n) is 6.58. The van der Waals surface area contributed by atoms with E-state index in [0.29, 0.717) is 4.47 Å². The predicted octanol–water partition coefficient (Wildman–Crippen LogP) is 3.64. The number of hydrogen-bond acceptors (Lipinski definition) is 2. The molecular formula is C13H16BrF3N4. The Labute approximate surface area is 129 Å². The second-order valence-corrected chi connectivity index (χ2v) is 5.73. The fourth-order valence-corrected chi connectivity index (χ4v) is 2.59. The summed E-state index contributed by atoms with van der Waals surface area (Å²) in [5, 5.41) is 2.80. The highest BCUT2D eigenvalue weighted by atomic mass is 79.9. The van der Waals surface area contributed by atoms with Gasteiger partial charge in [0.2, 0.25) is 5.96 Å². The highest BCUT2D eigenvalue weighted by Gasteiger charge is 2.31. The number of nitrogens with one attached hydrogen (secondary N) is 2. The van der Waals surface area contributed by atoms with Crippen LogP contribution in [0.1, 0.15) is 31.2 Å². The summed E-state index contributed by atoms with van der Waals surface area (Å²) in [5.41, 5.74) is 1.93. The van der Waals surface area contributed by atoms with Crippen LogP contribution in [0.15, 0.2) is 27.7 Å². The van der Waals surface area contributed by atoms with E-state index in [-0.39, 0.29) is 17.7 Å². The first kappa shape index (κ1) is 16.1. The third-order valence-electron chi connectivity index (χ3n) is 3.32. The zero-order chi connectivity index (χ0) is 15.5. The molecule has 2 rings (SSSR count). The molecule has 0 bridgehead atoms. The normalized spacial score (nSPS) is 17.1. The van der Waals surface area contributed by atoms with Gasteiger partial charge in [-0.2, -0.15) is 13.2 Å². The maximum atomic E-state index is 12.7. The van der Waals surface area contributed by atoms with Gasteiger partial charge in [-0.05, 0) is 47.0 Å². The average Bonchev–Trinajstić information content (AvgIpc) is 2.92. The van der Waals surface area contributed by atoms with Gasteiger partial charge in [-0.1, -0.05) is 12.8 Å². The zero-order valence-corrected chi connectivity index (χ0v) is 12.8. The number of benzene rings is 1. The molecule has 0 unspecified atom stereocenters. The van der Waals surface area contributed by atoms with Crippen LogP contribution >= 0.6 is 15.9 Å². The summed E-state index contributed by atoms with van der Waals surface area (Å²) in [5.74, 6) is 5.66. The van der Waals surface area contributed by atoms with Crippen molar-refractivity contribution in [3.8, 4) is 0 Å². The van der Waals surface area contributed by atoms with E-state index in [0.717, 1.165) is 37.8 Å². The molecule has 8 heteroatoms. The van der Waals surface area contributed by atoms with Gasteiger partial charge in [0.25, 0.3) is 0 Å². The quantitative estimate of drug-likeness (QED) is 0.325. The van der Waals surface area contributed by atoms with Crippen LogP contribution in [0.2, 0.25) is 0 Å². The van der Waals surface area contributed by atoms with Crippen molar-refractivity contribution in [2.24, 2.45) is 10.8 Å². The minimum absolute atomic E-state index is 0.160. The third-order valence-corrected chi connectivity index (χ3v) is 4.01. The molecule has 0 aliphatic heterocycles. The molecule has 4 nitrogen and oxygen atoms in total. The van der Waals surface area contributed by atoms with Crippen molar-refractivity contribution in [1.29, 1.82) is 0 Å². The number of nitrogens with two attached hydrogens (primary N) is 1. The maximum absolute atomic E-state index is 12.7. The Morgan fingerprint density at radius 2 is 1.95 bits per heavy atom. The molecule has 1 aromatic rings. The van der Waals surface area contributed by atoms with Crippen LogP contribution in [-0.4, -0.2) is 12.0 Å². The Morgan fingerprint density at radius 3 is 2.52 bits per heavy atom. The third kappa shape index (κ3) is 4.34. The number of hydrazine groups is 1. The van der Waals surface area contributed by atoms with Gasteiger partial charge in [-0.3, -0.25) is 5.43 Å². The highest BCUT2D eigenvalue weighted by molar-refractivity contribution is 9.10. The summed E-state index contributed by atoms with van der Waals surface area (Å²) in [6.07, 6.45) is -0.234. The summed E-state index contributed by atoms with van der Waals surface area (Å²) < 4.78 is 38.7. The Morgan fingerprint density at radius 1 is 1.29 bits per heavy atom. The standard InChI is InChI=1S/C13H16BrF3N4/c14-10-6-5-8(13(15,16)17)7-11(10)20-12(21-18)19-9-3-1-2-4-9/h5-7,9H,1-4,18H2,(H2,19,20,21). The first-order valence-corrected chi connectivity index (χ1v) is 7.37. The van der Waals surface area contributed by atoms with E-state index in [1.807, 2.05) is 0 Å². The number of hydrogen-bond donors (Lipinski definition) is 3. The average molecular weight is 365 g/mol. The lowest BCUT2D eigenvalue weighted by molar-refractivity contribution is -0.137. The number of alkyl halides is 3. The van der Waals surface area contributed by atoms with Crippen LogP contribution in [0.5, 0.6) is 0 Å².